The van der Waals surface area contributed by atoms with Crippen molar-refractivity contribution in [2.75, 3.05) is 40.3 Å². The molecule has 9 nitrogen and oxygen atoms in total. The Labute approximate surface area is 198 Å². The fraction of sp³-hybridized carbons (Fsp3) is 1.00. The lowest BCUT2D eigenvalue weighted by atomic mass is 9.59. The van der Waals surface area contributed by atoms with Crippen LogP contribution in [0.4, 0.5) is 0 Å². The molecular formula is C23H42N6O3S. The zero-order chi connectivity index (χ0) is 22.8. The van der Waals surface area contributed by atoms with Gasteiger partial charge in [-0.05, 0) is 75.2 Å². The molecule has 3 saturated carbocycles. The van der Waals surface area contributed by atoms with Gasteiger partial charge in [-0.15, -0.1) is 0 Å². The van der Waals surface area contributed by atoms with Crippen molar-refractivity contribution in [1.82, 2.24) is 30.9 Å². The normalized spacial score (nSPS) is 42.8. The summed E-state index contributed by atoms with van der Waals surface area (Å²) in [6.45, 7) is 2.92. The van der Waals surface area contributed by atoms with Crippen LogP contribution in [0.5, 0.6) is 0 Å². The first-order valence-corrected chi connectivity index (χ1v) is 14.6. The Balaban J connectivity index is 1.07. The number of likely N-dealkylation sites (N-methyl/N-ethyl adjacent to an activating group) is 1. The van der Waals surface area contributed by atoms with Gasteiger partial charge < -0.3 is 10.1 Å². The average Bonchev–Trinajstić information content (AvgIpc) is 3.22. The van der Waals surface area contributed by atoms with Crippen molar-refractivity contribution in [1.29, 1.82) is 0 Å². The molecular weight excluding hydrogens is 440 g/mol. The van der Waals surface area contributed by atoms with E-state index in [0.717, 1.165) is 38.8 Å². The van der Waals surface area contributed by atoms with Crippen molar-refractivity contribution in [3.05, 3.63) is 0 Å². The first kappa shape index (κ1) is 23.1. The van der Waals surface area contributed by atoms with Crippen LogP contribution in [0.2, 0.25) is 0 Å². The van der Waals surface area contributed by atoms with E-state index in [1.165, 1.54) is 32.1 Å². The summed E-state index contributed by atoms with van der Waals surface area (Å²) in [5.74, 6) is 1.08. The first-order valence-electron chi connectivity index (χ1n) is 13.1. The molecule has 0 aromatic carbocycles. The molecule has 0 bridgehead atoms. The van der Waals surface area contributed by atoms with E-state index in [1.807, 2.05) is 14.2 Å². The standard InChI is InChI=1S/C23H42N6O3S/c1-28-21-16(11-25-28)4-3-5-19(21)27-33(30,31)18-12-26-29(13-18)20-10-17(6-9-24-20)23(32-2)14-22(15-23)7-8-22/h16-21,24-27H,3-15H2,1-2H3. The number of methoxy groups -OCH3 is 1. The lowest BCUT2D eigenvalue weighted by molar-refractivity contribution is -0.166. The number of hydrogen-bond acceptors (Lipinski definition) is 8. The maximum atomic E-state index is 13.4. The minimum atomic E-state index is -3.40. The number of fused-ring (bicyclic) bond motifs is 1. The highest BCUT2D eigenvalue weighted by atomic mass is 32.2. The van der Waals surface area contributed by atoms with E-state index in [2.05, 4.69) is 30.9 Å². The number of nitrogens with zero attached hydrogens (tertiary/aromatic N) is 2. The van der Waals surface area contributed by atoms with E-state index in [-0.39, 0.29) is 23.9 Å². The number of rotatable bonds is 6. The van der Waals surface area contributed by atoms with Crippen molar-refractivity contribution >= 4 is 10.0 Å². The van der Waals surface area contributed by atoms with Crippen molar-refractivity contribution < 1.29 is 13.2 Å². The molecule has 0 aromatic heterocycles. The molecule has 1 spiro atoms. The summed E-state index contributed by atoms with van der Waals surface area (Å²) in [7, 11) is 0.532. The molecule has 0 amide bonds. The summed E-state index contributed by atoms with van der Waals surface area (Å²) in [5, 5.41) is 7.49. The molecule has 10 heteroatoms. The zero-order valence-electron chi connectivity index (χ0n) is 20.2. The Hall–Kier alpha value is -0.330. The first-order chi connectivity index (χ1) is 15.8. The van der Waals surface area contributed by atoms with E-state index < -0.39 is 15.3 Å². The fourth-order valence-electron chi connectivity index (χ4n) is 7.85. The lowest BCUT2D eigenvalue weighted by Crippen LogP contribution is -2.60. The van der Waals surface area contributed by atoms with E-state index in [9.17, 15) is 8.42 Å². The molecule has 6 aliphatic rings. The molecule has 0 aromatic rings. The monoisotopic (exact) mass is 482 g/mol. The molecule has 3 heterocycles. The second kappa shape index (κ2) is 8.37. The number of hydrazine groups is 2. The summed E-state index contributed by atoms with van der Waals surface area (Å²) in [5.41, 5.74) is 7.46. The van der Waals surface area contributed by atoms with E-state index >= 15 is 0 Å². The second-order valence-electron chi connectivity index (χ2n) is 11.9. The molecule has 0 radical (unpaired) electrons. The molecule has 3 saturated heterocycles. The van der Waals surface area contributed by atoms with Gasteiger partial charge in [0.15, 0.2) is 0 Å². The Morgan fingerprint density at radius 2 is 1.91 bits per heavy atom. The third kappa shape index (κ3) is 4.08. The Morgan fingerprint density at radius 1 is 1.09 bits per heavy atom. The van der Waals surface area contributed by atoms with Crippen molar-refractivity contribution in [2.24, 2.45) is 17.3 Å². The molecule has 4 N–H and O–H groups in total. The molecule has 33 heavy (non-hydrogen) atoms. The number of piperidine rings is 1. The Kier molecular flexibility index (Phi) is 5.85. The highest BCUT2D eigenvalue weighted by molar-refractivity contribution is 7.90. The fourth-order valence-corrected chi connectivity index (χ4v) is 9.37. The van der Waals surface area contributed by atoms with Crippen molar-refractivity contribution in [3.8, 4) is 0 Å². The van der Waals surface area contributed by atoms with E-state index in [0.29, 0.717) is 30.3 Å². The van der Waals surface area contributed by atoms with Crippen molar-refractivity contribution in [2.45, 2.75) is 86.9 Å². The maximum absolute atomic E-state index is 13.4. The van der Waals surface area contributed by atoms with Crippen LogP contribution in [0.1, 0.15) is 57.8 Å². The van der Waals surface area contributed by atoms with Gasteiger partial charge in [0.05, 0.1) is 11.8 Å². The summed E-state index contributed by atoms with van der Waals surface area (Å²) in [6.07, 6.45) is 10.7. The minimum absolute atomic E-state index is 0.00471. The summed E-state index contributed by atoms with van der Waals surface area (Å²) < 4.78 is 36.0. The topological polar surface area (TPSA) is 98.0 Å². The van der Waals surface area contributed by atoms with Crippen LogP contribution in [-0.2, 0) is 14.8 Å². The highest BCUT2D eigenvalue weighted by Crippen LogP contribution is 2.68. The zero-order valence-corrected chi connectivity index (χ0v) is 21.0. The van der Waals surface area contributed by atoms with Gasteiger partial charge in [-0.3, -0.25) is 10.9 Å². The highest BCUT2D eigenvalue weighted by Gasteiger charge is 2.64. The minimum Gasteiger partial charge on any atom is -0.378 e. The van der Waals surface area contributed by atoms with E-state index in [1.54, 1.807) is 0 Å². The quantitative estimate of drug-likeness (QED) is 0.431. The number of hydrogen-bond donors (Lipinski definition) is 4. The smallest absolute Gasteiger partial charge is 0.217 e. The largest absolute Gasteiger partial charge is 0.378 e. The average molecular weight is 483 g/mol. The molecule has 188 valence electrons. The van der Waals surface area contributed by atoms with Crippen LogP contribution < -0.4 is 20.9 Å². The van der Waals surface area contributed by atoms with Crippen LogP contribution in [0.3, 0.4) is 0 Å². The molecule has 3 aliphatic heterocycles. The van der Waals surface area contributed by atoms with Gasteiger partial charge >= 0.3 is 0 Å². The summed E-state index contributed by atoms with van der Waals surface area (Å²) in [6, 6.07) is 0.247. The van der Waals surface area contributed by atoms with Gasteiger partial charge in [-0.2, -0.15) is 0 Å². The number of ether oxygens (including phenoxy) is 1. The summed E-state index contributed by atoms with van der Waals surface area (Å²) in [4.78, 5) is 0. The molecule has 6 unspecified atom stereocenters. The van der Waals surface area contributed by atoms with Crippen LogP contribution >= 0.6 is 0 Å². The summed E-state index contributed by atoms with van der Waals surface area (Å²) >= 11 is 0. The Morgan fingerprint density at radius 3 is 2.67 bits per heavy atom. The maximum Gasteiger partial charge on any atom is 0.217 e. The predicted octanol–water partition coefficient (Wildman–Crippen LogP) is 0.367. The van der Waals surface area contributed by atoms with E-state index in [4.69, 9.17) is 4.74 Å². The third-order valence-electron chi connectivity index (χ3n) is 9.93. The SMILES string of the molecule is COC1(C2CCNC(N3CC(S(=O)(=O)NC4CCCC5CNN(C)C54)CN3)C2)CC2(CC2)C1. The van der Waals surface area contributed by atoms with Crippen LogP contribution in [-0.4, -0.2) is 87.9 Å². The van der Waals surface area contributed by atoms with Gasteiger partial charge in [0.25, 0.3) is 0 Å². The van der Waals surface area contributed by atoms with Gasteiger partial charge in [-0.1, -0.05) is 6.42 Å². The van der Waals surface area contributed by atoms with Gasteiger partial charge in [0.1, 0.15) is 5.25 Å². The second-order valence-corrected chi connectivity index (χ2v) is 13.9. The number of sulfonamides is 1. The number of nitrogens with one attached hydrogen (secondary N) is 4. The van der Waals surface area contributed by atoms with Crippen LogP contribution in [0, 0.1) is 17.3 Å². The molecule has 6 rings (SSSR count). The van der Waals surface area contributed by atoms with Gasteiger partial charge in [-0.25, -0.2) is 23.2 Å². The van der Waals surface area contributed by atoms with Crippen LogP contribution in [0.25, 0.3) is 0 Å². The van der Waals surface area contributed by atoms with Crippen molar-refractivity contribution in [3.63, 3.8) is 0 Å². The third-order valence-corrected chi connectivity index (χ3v) is 11.7. The molecule has 3 aliphatic carbocycles. The van der Waals surface area contributed by atoms with Gasteiger partial charge in [0.2, 0.25) is 10.0 Å². The lowest BCUT2D eigenvalue weighted by Gasteiger charge is -2.54. The molecule has 6 atom stereocenters. The van der Waals surface area contributed by atoms with Gasteiger partial charge in [0, 0.05) is 45.9 Å². The molecule has 6 fully saturated rings. The van der Waals surface area contributed by atoms with Crippen LogP contribution in [0.15, 0.2) is 0 Å². The predicted molar refractivity (Wildman–Crippen MR) is 126 cm³/mol. The Bertz CT molecular complexity index is 841.